The van der Waals surface area contributed by atoms with E-state index in [1.54, 1.807) is 0 Å². The van der Waals surface area contributed by atoms with Crippen LogP contribution in [0, 0.1) is 0 Å². The molecule has 0 unspecified atom stereocenters. The van der Waals surface area contributed by atoms with Gasteiger partial charge in [-0.15, -0.1) is 0 Å². The molecule has 2 rings (SSSR count). The lowest BCUT2D eigenvalue weighted by Crippen LogP contribution is -1.57. The average Bonchev–Trinajstić information content (AvgIpc) is 2.05. The summed E-state index contributed by atoms with van der Waals surface area (Å²) in [7, 11) is 2.69. The molecule has 1 aromatic heterocycles. The standard InChI is InChI=1S/C8H6P2/c1-2-4-8-7(3-1)9-5-6-10-8/h1-6H. The summed E-state index contributed by atoms with van der Waals surface area (Å²) in [6.07, 6.45) is 0. The van der Waals surface area contributed by atoms with Crippen LogP contribution in [0.3, 0.4) is 0 Å². The molecular weight excluding hydrogens is 158 g/mol. The minimum absolute atomic E-state index is 1.34. The highest BCUT2D eigenvalue weighted by Gasteiger charge is 1.86. The van der Waals surface area contributed by atoms with Gasteiger partial charge in [-0.05, 0) is 23.7 Å². The molecule has 48 valence electrons. The van der Waals surface area contributed by atoms with Crippen LogP contribution in [-0.2, 0) is 0 Å². The van der Waals surface area contributed by atoms with Gasteiger partial charge in [-0.25, -0.2) is 0 Å². The molecule has 0 amide bonds. The van der Waals surface area contributed by atoms with Crippen LogP contribution in [0.1, 0.15) is 0 Å². The van der Waals surface area contributed by atoms with Gasteiger partial charge < -0.3 is 0 Å². The summed E-state index contributed by atoms with van der Waals surface area (Å²) >= 11 is 0. The van der Waals surface area contributed by atoms with E-state index in [-0.39, 0.29) is 0 Å². The second kappa shape index (κ2) is 2.66. The maximum Gasteiger partial charge on any atom is 0.0136 e. The van der Waals surface area contributed by atoms with E-state index in [0.29, 0.717) is 0 Å². The molecule has 0 saturated carbocycles. The molecule has 0 bridgehead atoms. The van der Waals surface area contributed by atoms with Gasteiger partial charge in [0.25, 0.3) is 0 Å². The zero-order valence-corrected chi connectivity index (χ0v) is 7.15. The molecule has 0 radical (unpaired) electrons. The van der Waals surface area contributed by atoms with Gasteiger partial charge in [-0.1, -0.05) is 28.5 Å². The van der Waals surface area contributed by atoms with Gasteiger partial charge in [0.05, 0.1) is 0 Å². The molecule has 0 atom stereocenters. The van der Waals surface area contributed by atoms with E-state index in [1.165, 1.54) is 26.6 Å². The monoisotopic (exact) mass is 164 g/mol. The fraction of sp³-hybridized carbons (Fsp3) is 0. The van der Waals surface area contributed by atoms with Gasteiger partial charge in [0.1, 0.15) is 0 Å². The largest absolute Gasteiger partial charge is 0.0671 e. The van der Waals surface area contributed by atoms with Crippen LogP contribution in [0.25, 0.3) is 10.2 Å². The summed E-state index contributed by atoms with van der Waals surface area (Å²) in [5.74, 6) is 4.40. The summed E-state index contributed by atoms with van der Waals surface area (Å²) in [5.41, 5.74) is 0. The predicted octanol–water partition coefficient (Wildman–Crippen LogP) is 4.00. The molecule has 0 saturated heterocycles. The number of hydrogen-bond donors (Lipinski definition) is 0. The zero-order valence-electron chi connectivity index (χ0n) is 5.36. The molecule has 2 heteroatoms. The summed E-state index contributed by atoms with van der Waals surface area (Å²) in [6.45, 7) is 0. The highest BCUT2D eigenvalue weighted by atomic mass is 31.0. The van der Waals surface area contributed by atoms with E-state index in [2.05, 4.69) is 35.9 Å². The third-order valence-electron chi connectivity index (χ3n) is 1.38. The molecule has 0 aliphatic heterocycles. The number of fused-ring (bicyclic) bond motifs is 1. The first-order valence-corrected chi connectivity index (χ1v) is 5.05. The van der Waals surface area contributed by atoms with E-state index < -0.39 is 0 Å². The van der Waals surface area contributed by atoms with Crippen LogP contribution in [0.4, 0.5) is 0 Å². The molecule has 0 aliphatic rings. The van der Waals surface area contributed by atoms with Gasteiger partial charge in [-0.3, -0.25) is 0 Å². The first-order chi connectivity index (χ1) is 4.97. The number of benzene rings is 1. The minimum Gasteiger partial charge on any atom is -0.0671 e. The van der Waals surface area contributed by atoms with Crippen molar-refractivity contribution in [2.75, 3.05) is 0 Å². The third kappa shape index (κ3) is 1.06. The first kappa shape index (κ1) is 6.28. The summed E-state index contributed by atoms with van der Waals surface area (Å²) in [5, 5.41) is 2.90. The Labute approximate surface area is 63.1 Å². The van der Waals surface area contributed by atoms with E-state index in [9.17, 15) is 0 Å². The van der Waals surface area contributed by atoms with Crippen LogP contribution in [0.5, 0.6) is 0 Å². The Morgan fingerprint density at radius 3 is 1.80 bits per heavy atom. The molecule has 0 N–H and O–H groups in total. The molecule has 0 aliphatic carbocycles. The van der Waals surface area contributed by atoms with Crippen LogP contribution >= 0.6 is 16.4 Å². The van der Waals surface area contributed by atoms with E-state index in [0.717, 1.165) is 0 Å². The second-order valence-corrected chi connectivity index (χ2v) is 4.12. The Balaban J connectivity index is 2.89. The van der Waals surface area contributed by atoms with Gasteiger partial charge in [0, 0.05) is 10.2 Å². The Bertz CT molecular complexity index is 278. The quantitative estimate of drug-likeness (QED) is 0.552. The van der Waals surface area contributed by atoms with Crippen LogP contribution in [-0.4, -0.2) is 0 Å². The van der Waals surface area contributed by atoms with E-state index in [1.807, 2.05) is 0 Å². The fourth-order valence-corrected chi connectivity index (χ4v) is 2.87. The maximum atomic E-state index is 2.20. The highest BCUT2D eigenvalue weighted by Crippen LogP contribution is 2.28. The van der Waals surface area contributed by atoms with Gasteiger partial charge in [0.15, 0.2) is 0 Å². The molecule has 0 fully saturated rings. The summed E-state index contributed by atoms with van der Waals surface area (Å²) in [6, 6.07) is 8.57. The zero-order chi connectivity index (χ0) is 6.81. The lowest BCUT2D eigenvalue weighted by atomic mass is 10.4. The van der Waals surface area contributed by atoms with Crippen molar-refractivity contribution in [2.45, 2.75) is 0 Å². The minimum atomic E-state index is 1.34. The van der Waals surface area contributed by atoms with Crippen molar-refractivity contribution in [1.82, 2.24) is 0 Å². The van der Waals surface area contributed by atoms with Crippen molar-refractivity contribution >= 4 is 26.6 Å². The van der Waals surface area contributed by atoms with Crippen molar-refractivity contribution < 1.29 is 0 Å². The van der Waals surface area contributed by atoms with Gasteiger partial charge in [0.2, 0.25) is 0 Å². The Hall–Kier alpha value is -0.440. The predicted molar refractivity (Wildman–Crippen MR) is 49.0 cm³/mol. The molecule has 0 nitrogen and oxygen atoms in total. The van der Waals surface area contributed by atoms with Crippen molar-refractivity contribution in [3.05, 3.63) is 35.9 Å². The number of rotatable bonds is 0. The molecule has 2 aromatic rings. The molecule has 10 heavy (non-hydrogen) atoms. The smallest absolute Gasteiger partial charge is 0.0136 e. The van der Waals surface area contributed by atoms with Crippen molar-refractivity contribution in [2.24, 2.45) is 0 Å². The van der Waals surface area contributed by atoms with Gasteiger partial charge in [-0.2, -0.15) is 0 Å². The second-order valence-electron chi connectivity index (χ2n) is 2.05. The van der Waals surface area contributed by atoms with Crippen molar-refractivity contribution in [1.29, 1.82) is 0 Å². The van der Waals surface area contributed by atoms with E-state index >= 15 is 0 Å². The van der Waals surface area contributed by atoms with Gasteiger partial charge >= 0.3 is 0 Å². The SMILES string of the molecule is c1ccc2pccpc2c1. The summed E-state index contributed by atoms with van der Waals surface area (Å²) < 4.78 is 0. The van der Waals surface area contributed by atoms with Crippen LogP contribution in [0.2, 0.25) is 0 Å². The lowest BCUT2D eigenvalue weighted by molar-refractivity contribution is 1.88. The Morgan fingerprint density at radius 1 is 0.800 bits per heavy atom. The summed E-state index contributed by atoms with van der Waals surface area (Å²) in [4.78, 5) is 0. The maximum absolute atomic E-state index is 2.20. The molecule has 1 aromatic carbocycles. The topological polar surface area (TPSA) is 0 Å². The molecule has 1 heterocycles. The Morgan fingerprint density at radius 2 is 1.30 bits per heavy atom. The normalized spacial score (nSPS) is 11.6. The number of hydrogen-bond acceptors (Lipinski definition) is 0. The third-order valence-corrected chi connectivity index (χ3v) is 3.72. The van der Waals surface area contributed by atoms with Crippen molar-refractivity contribution in [3.63, 3.8) is 0 Å². The lowest BCUT2D eigenvalue weighted by Gasteiger charge is -1.90. The van der Waals surface area contributed by atoms with E-state index in [4.69, 9.17) is 0 Å². The average molecular weight is 164 g/mol. The fourth-order valence-electron chi connectivity index (χ4n) is 0.910. The van der Waals surface area contributed by atoms with Crippen LogP contribution < -0.4 is 0 Å². The first-order valence-electron chi connectivity index (χ1n) is 3.12. The molecule has 0 spiro atoms. The highest BCUT2D eigenvalue weighted by molar-refractivity contribution is 7.44. The molecular formula is C8H6P2. The van der Waals surface area contributed by atoms with Crippen LogP contribution in [0.15, 0.2) is 35.9 Å². The van der Waals surface area contributed by atoms with Crippen molar-refractivity contribution in [3.8, 4) is 0 Å². The Kier molecular flexibility index (Phi) is 1.67.